The molecule has 1 saturated heterocycles. The number of nitrogens with one attached hydrogen (secondary N) is 1. The van der Waals surface area contributed by atoms with E-state index in [1.165, 1.54) is 10.5 Å². The summed E-state index contributed by atoms with van der Waals surface area (Å²) >= 11 is 0. The molecule has 4 rings (SSSR count). The summed E-state index contributed by atoms with van der Waals surface area (Å²) in [6.07, 6.45) is 2.90. The van der Waals surface area contributed by atoms with E-state index in [0.717, 1.165) is 24.0 Å². The van der Waals surface area contributed by atoms with Crippen molar-refractivity contribution in [3.63, 3.8) is 0 Å². The normalized spacial score (nSPS) is 19.1. The minimum Gasteiger partial charge on any atom is -0.465 e. The van der Waals surface area contributed by atoms with Crippen molar-refractivity contribution in [3.8, 4) is 0 Å². The van der Waals surface area contributed by atoms with Crippen LogP contribution in [0.4, 0.5) is 4.79 Å². The molecule has 1 aliphatic carbocycles. The van der Waals surface area contributed by atoms with Gasteiger partial charge in [0.25, 0.3) is 0 Å². The van der Waals surface area contributed by atoms with Gasteiger partial charge < -0.3 is 10.0 Å². The number of fused-ring (bicyclic) bond motifs is 2. The molecule has 0 bridgehead atoms. The van der Waals surface area contributed by atoms with Crippen molar-refractivity contribution in [1.29, 1.82) is 0 Å². The predicted octanol–water partition coefficient (Wildman–Crippen LogP) is 1.66. The lowest BCUT2D eigenvalue weighted by atomic mass is 9.74. The van der Waals surface area contributed by atoms with E-state index in [-0.39, 0.29) is 5.41 Å². The van der Waals surface area contributed by atoms with Gasteiger partial charge in [0.15, 0.2) is 0 Å². The fourth-order valence-electron chi connectivity index (χ4n) is 3.56. The van der Waals surface area contributed by atoms with E-state index in [1.807, 2.05) is 12.1 Å². The highest BCUT2D eigenvalue weighted by Gasteiger charge is 2.42. The van der Waals surface area contributed by atoms with Gasteiger partial charge in [0.05, 0.1) is 0 Å². The number of carbonyl (C=O) groups is 1. The van der Waals surface area contributed by atoms with E-state index in [9.17, 15) is 4.79 Å². The summed E-state index contributed by atoms with van der Waals surface area (Å²) in [4.78, 5) is 12.6. The third kappa shape index (κ3) is 1.82. The summed E-state index contributed by atoms with van der Waals surface area (Å²) in [5.41, 5.74) is 3.21. The zero-order valence-electron chi connectivity index (χ0n) is 11.9. The Kier molecular flexibility index (Phi) is 2.75. The maximum absolute atomic E-state index is 11.1. The Bertz CT molecular complexity index is 745. The molecule has 1 fully saturated rings. The Balaban J connectivity index is 1.76. The highest BCUT2D eigenvalue weighted by Crippen LogP contribution is 2.48. The van der Waals surface area contributed by atoms with Crippen LogP contribution in [-0.4, -0.2) is 49.8 Å². The molecule has 7 nitrogen and oxygen atoms in total. The van der Waals surface area contributed by atoms with Crippen LogP contribution in [0.3, 0.4) is 0 Å². The highest BCUT2D eigenvalue weighted by molar-refractivity contribution is 5.84. The van der Waals surface area contributed by atoms with E-state index < -0.39 is 6.09 Å². The predicted molar refractivity (Wildman–Crippen MR) is 78.2 cm³/mol. The van der Waals surface area contributed by atoms with Gasteiger partial charge in [-0.2, -0.15) is 5.21 Å². The quantitative estimate of drug-likeness (QED) is 0.834. The molecule has 0 atom stereocenters. The van der Waals surface area contributed by atoms with Crippen LogP contribution in [0.5, 0.6) is 0 Å². The number of piperidine rings is 1. The lowest BCUT2D eigenvalue weighted by molar-refractivity contribution is 0.124. The number of hydrogen-bond donors (Lipinski definition) is 2. The molecule has 1 aliphatic heterocycles. The molecule has 0 unspecified atom stereocenters. The third-order valence-corrected chi connectivity index (χ3v) is 4.69. The number of allylic oxidation sites excluding steroid dienone is 1. The van der Waals surface area contributed by atoms with Crippen LogP contribution in [-0.2, 0) is 5.41 Å². The van der Waals surface area contributed by atoms with Crippen LogP contribution < -0.4 is 0 Å². The van der Waals surface area contributed by atoms with Gasteiger partial charge in [-0.3, -0.25) is 0 Å². The molecule has 0 radical (unpaired) electrons. The summed E-state index contributed by atoms with van der Waals surface area (Å²) < 4.78 is 0. The van der Waals surface area contributed by atoms with Crippen molar-refractivity contribution in [1.82, 2.24) is 25.5 Å². The van der Waals surface area contributed by atoms with E-state index in [1.54, 1.807) is 0 Å². The van der Waals surface area contributed by atoms with Crippen molar-refractivity contribution >= 4 is 11.7 Å². The number of aromatic amines is 1. The van der Waals surface area contributed by atoms with Gasteiger partial charge in [-0.05, 0) is 29.2 Å². The standard InChI is InChI=1S/C15H15N5O2/c21-14(22)20-7-5-15(6-8-20)9-11(13-16-18-19-17-13)10-3-1-2-4-12(10)15/h1-4,9H,5-8H2,(H,21,22)(H,16,17,18,19). The fourth-order valence-corrected chi connectivity index (χ4v) is 3.56. The van der Waals surface area contributed by atoms with Gasteiger partial charge in [0.2, 0.25) is 5.82 Å². The van der Waals surface area contributed by atoms with Crippen molar-refractivity contribution in [2.24, 2.45) is 0 Å². The Hall–Kier alpha value is -2.70. The summed E-state index contributed by atoms with van der Waals surface area (Å²) in [7, 11) is 0. The average Bonchev–Trinajstić information content (AvgIpc) is 3.16. The first-order valence-electron chi connectivity index (χ1n) is 7.24. The number of carboxylic acid groups (broad SMARTS) is 1. The molecule has 0 saturated carbocycles. The average molecular weight is 297 g/mol. The number of amides is 1. The molecule has 2 aliphatic rings. The number of H-pyrrole nitrogens is 1. The molecule has 1 aromatic carbocycles. The Morgan fingerprint density at radius 1 is 1.27 bits per heavy atom. The monoisotopic (exact) mass is 297 g/mol. The van der Waals surface area contributed by atoms with Gasteiger partial charge in [-0.1, -0.05) is 30.3 Å². The second-order valence-electron chi connectivity index (χ2n) is 5.76. The molecular formula is C15H15N5O2. The zero-order valence-corrected chi connectivity index (χ0v) is 11.9. The SMILES string of the molecule is O=C(O)N1CCC2(C=C(c3nn[nH]n3)c3ccccc32)CC1. The van der Waals surface area contributed by atoms with Gasteiger partial charge in [-0.25, -0.2) is 4.79 Å². The van der Waals surface area contributed by atoms with Crippen LogP contribution in [0.2, 0.25) is 0 Å². The molecule has 112 valence electrons. The van der Waals surface area contributed by atoms with Crippen molar-refractivity contribution in [3.05, 3.63) is 47.3 Å². The van der Waals surface area contributed by atoms with Crippen LogP contribution >= 0.6 is 0 Å². The van der Waals surface area contributed by atoms with Crippen LogP contribution in [0.25, 0.3) is 5.57 Å². The summed E-state index contributed by atoms with van der Waals surface area (Å²) in [5, 5.41) is 23.5. The lowest BCUT2D eigenvalue weighted by Gasteiger charge is -2.38. The first-order valence-corrected chi connectivity index (χ1v) is 7.24. The van der Waals surface area contributed by atoms with Crippen LogP contribution in [0.15, 0.2) is 30.3 Å². The Morgan fingerprint density at radius 2 is 2.05 bits per heavy atom. The van der Waals surface area contributed by atoms with Crippen LogP contribution in [0, 0.1) is 0 Å². The van der Waals surface area contributed by atoms with Crippen molar-refractivity contribution < 1.29 is 9.90 Å². The minimum atomic E-state index is -0.844. The second-order valence-corrected chi connectivity index (χ2v) is 5.76. The largest absolute Gasteiger partial charge is 0.465 e. The maximum atomic E-state index is 11.1. The van der Waals surface area contributed by atoms with Gasteiger partial charge >= 0.3 is 6.09 Å². The smallest absolute Gasteiger partial charge is 0.407 e. The van der Waals surface area contributed by atoms with E-state index in [0.29, 0.717) is 18.9 Å². The van der Waals surface area contributed by atoms with Gasteiger partial charge in [0.1, 0.15) is 0 Å². The number of benzene rings is 1. The molecule has 7 heteroatoms. The zero-order chi connectivity index (χ0) is 15.2. The van der Waals surface area contributed by atoms with Gasteiger partial charge in [0, 0.05) is 24.1 Å². The highest BCUT2D eigenvalue weighted by atomic mass is 16.4. The van der Waals surface area contributed by atoms with Crippen molar-refractivity contribution in [2.45, 2.75) is 18.3 Å². The molecular weight excluding hydrogens is 282 g/mol. The van der Waals surface area contributed by atoms with Gasteiger partial charge in [-0.15, -0.1) is 10.2 Å². The molecule has 2 heterocycles. The number of hydrogen-bond acceptors (Lipinski definition) is 4. The number of likely N-dealkylation sites (tertiary alicyclic amines) is 1. The first kappa shape index (κ1) is 13.0. The topological polar surface area (TPSA) is 95.0 Å². The van der Waals surface area contributed by atoms with E-state index in [2.05, 4.69) is 38.8 Å². The number of rotatable bonds is 1. The van der Waals surface area contributed by atoms with E-state index in [4.69, 9.17) is 5.11 Å². The molecule has 1 spiro atoms. The maximum Gasteiger partial charge on any atom is 0.407 e. The second kappa shape index (κ2) is 4.66. The number of aromatic nitrogens is 4. The summed E-state index contributed by atoms with van der Waals surface area (Å²) in [6.45, 7) is 1.08. The molecule has 2 N–H and O–H groups in total. The molecule has 1 amide bonds. The summed E-state index contributed by atoms with van der Waals surface area (Å²) in [5.74, 6) is 0.588. The molecule has 1 aromatic heterocycles. The first-order chi connectivity index (χ1) is 10.7. The third-order valence-electron chi connectivity index (χ3n) is 4.69. The fraction of sp³-hybridized carbons (Fsp3) is 0.333. The van der Waals surface area contributed by atoms with Crippen LogP contribution in [0.1, 0.15) is 29.8 Å². The minimum absolute atomic E-state index is 0.126. The number of nitrogens with zero attached hydrogens (tertiary/aromatic N) is 4. The lowest BCUT2D eigenvalue weighted by Crippen LogP contribution is -2.43. The Morgan fingerprint density at radius 3 is 2.73 bits per heavy atom. The van der Waals surface area contributed by atoms with E-state index >= 15 is 0 Å². The molecule has 2 aromatic rings. The Labute approximate surface area is 126 Å². The summed E-state index contributed by atoms with van der Waals surface area (Å²) in [6, 6.07) is 8.21. The van der Waals surface area contributed by atoms with Crippen molar-refractivity contribution in [2.75, 3.05) is 13.1 Å². The number of tetrazole rings is 1. The molecule has 22 heavy (non-hydrogen) atoms.